The maximum absolute atomic E-state index is 9.62. The molecule has 2 unspecified atom stereocenters. The molecule has 102 valence electrons. The average molecular weight is 259 g/mol. The summed E-state index contributed by atoms with van der Waals surface area (Å²) < 4.78 is 0. The summed E-state index contributed by atoms with van der Waals surface area (Å²) in [6.45, 7) is 4.58. The van der Waals surface area contributed by atoms with E-state index in [1.165, 1.54) is 5.56 Å². The van der Waals surface area contributed by atoms with Crippen molar-refractivity contribution in [2.75, 3.05) is 6.54 Å². The normalized spacial score (nSPS) is 14.3. The largest absolute Gasteiger partial charge is 0.384 e. The van der Waals surface area contributed by atoms with Gasteiger partial charge in [0.15, 0.2) is 0 Å². The molecule has 0 aliphatic rings. The summed E-state index contributed by atoms with van der Waals surface area (Å²) in [5.41, 5.74) is 8.72. The number of aliphatic hydroxyl groups excluding tert-OH is 1. The van der Waals surface area contributed by atoms with Crippen LogP contribution in [-0.4, -0.2) is 21.6 Å². The van der Waals surface area contributed by atoms with Gasteiger partial charge in [0.25, 0.3) is 0 Å². The first-order chi connectivity index (χ1) is 9.15. The van der Waals surface area contributed by atoms with Gasteiger partial charge < -0.3 is 15.8 Å². The lowest BCUT2D eigenvalue weighted by atomic mass is 9.97. The van der Waals surface area contributed by atoms with Gasteiger partial charge in [0.05, 0.1) is 11.9 Å². The topological polar surface area (TPSA) is 74.9 Å². The zero-order valence-corrected chi connectivity index (χ0v) is 11.4. The van der Waals surface area contributed by atoms with Crippen LogP contribution in [-0.2, 0) is 0 Å². The molecule has 0 bridgehead atoms. The number of hydrogen-bond donors (Lipinski definition) is 3. The molecule has 0 amide bonds. The van der Waals surface area contributed by atoms with Gasteiger partial charge in [-0.05, 0) is 23.5 Å². The first kappa shape index (κ1) is 13.8. The summed E-state index contributed by atoms with van der Waals surface area (Å²) in [5.74, 6) is 1.09. The molecule has 2 aromatic rings. The number of aliphatic hydroxyl groups is 1. The number of rotatable bonds is 5. The molecule has 0 radical (unpaired) electrons. The van der Waals surface area contributed by atoms with Crippen molar-refractivity contribution < 1.29 is 5.11 Å². The number of aromatic nitrogens is 2. The van der Waals surface area contributed by atoms with Crippen LogP contribution in [0.2, 0.25) is 0 Å². The Bertz CT molecular complexity index is 518. The lowest BCUT2D eigenvalue weighted by Crippen LogP contribution is -2.12. The molecule has 19 heavy (non-hydrogen) atoms. The highest BCUT2D eigenvalue weighted by Crippen LogP contribution is 2.23. The zero-order chi connectivity index (χ0) is 13.8. The summed E-state index contributed by atoms with van der Waals surface area (Å²) in [5, 5.41) is 9.62. The first-order valence-electron chi connectivity index (χ1n) is 6.69. The third-order valence-electron chi connectivity index (χ3n) is 3.54. The molecule has 0 saturated heterocycles. The van der Waals surface area contributed by atoms with Gasteiger partial charge in [-0.3, -0.25) is 0 Å². The van der Waals surface area contributed by atoms with Gasteiger partial charge in [0.2, 0.25) is 0 Å². The lowest BCUT2D eigenvalue weighted by Gasteiger charge is -2.09. The van der Waals surface area contributed by atoms with E-state index in [4.69, 9.17) is 5.73 Å². The van der Waals surface area contributed by atoms with Crippen molar-refractivity contribution in [3.63, 3.8) is 0 Å². The van der Waals surface area contributed by atoms with Crippen LogP contribution >= 0.6 is 0 Å². The third kappa shape index (κ3) is 3.03. The fraction of sp³-hybridized carbons (Fsp3) is 0.400. The first-order valence-corrected chi connectivity index (χ1v) is 6.69. The number of benzene rings is 1. The monoisotopic (exact) mass is 259 g/mol. The van der Waals surface area contributed by atoms with Crippen molar-refractivity contribution in [3.05, 3.63) is 41.9 Å². The summed E-state index contributed by atoms with van der Waals surface area (Å²) >= 11 is 0. The molecule has 0 aliphatic carbocycles. The molecular formula is C15H21N3O. The molecule has 0 saturated carbocycles. The number of nitrogens with zero attached hydrogens (tertiary/aromatic N) is 1. The van der Waals surface area contributed by atoms with Crippen molar-refractivity contribution in [2.45, 2.75) is 32.3 Å². The zero-order valence-electron chi connectivity index (χ0n) is 11.4. The highest BCUT2D eigenvalue weighted by Gasteiger charge is 2.10. The van der Waals surface area contributed by atoms with Gasteiger partial charge in [-0.25, -0.2) is 4.98 Å². The minimum Gasteiger partial charge on any atom is -0.384 e. The summed E-state index contributed by atoms with van der Waals surface area (Å²) in [6, 6.07) is 8.44. The number of imidazole rings is 1. The molecule has 0 fully saturated rings. The molecule has 4 nitrogen and oxygen atoms in total. The summed E-state index contributed by atoms with van der Waals surface area (Å²) in [4.78, 5) is 7.25. The van der Waals surface area contributed by atoms with E-state index < -0.39 is 6.10 Å². The highest BCUT2D eigenvalue weighted by atomic mass is 16.3. The molecule has 1 heterocycles. The van der Waals surface area contributed by atoms with Gasteiger partial charge in [0, 0.05) is 6.54 Å². The van der Waals surface area contributed by atoms with E-state index in [0.717, 1.165) is 17.7 Å². The van der Waals surface area contributed by atoms with Gasteiger partial charge in [-0.15, -0.1) is 0 Å². The molecule has 4 N–H and O–H groups in total. The van der Waals surface area contributed by atoms with Crippen molar-refractivity contribution in [3.8, 4) is 11.3 Å². The Labute approximate surface area is 113 Å². The smallest absolute Gasteiger partial charge is 0.136 e. The highest BCUT2D eigenvalue weighted by molar-refractivity contribution is 5.59. The predicted molar refractivity (Wildman–Crippen MR) is 76.7 cm³/mol. The number of H-pyrrole nitrogens is 1. The maximum Gasteiger partial charge on any atom is 0.136 e. The Morgan fingerprint density at radius 1 is 1.32 bits per heavy atom. The Kier molecular flexibility index (Phi) is 4.35. The fourth-order valence-corrected chi connectivity index (χ4v) is 1.99. The van der Waals surface area contributed by atoms with Crippen molar-refractivity contribution in [1.29, 1.82) is 0 Å². The van der Waals surface area contributed by atoms with Crippen LogP contribution in [0.25, 0.3) is 11.3 Å². The SMILES string of the molecule is CCC(C)c1ccc(-c2cnc(C(O)CN)[nH]2)cc1. The van der Waals surface area contributed by atoms with E-state index in [1.807, 2.05) is 0 Å². The quantitative estimate of drug-likeness (QED) is 0.772. The molecule has 0 aliphatic heterocycles. The molecule has 1 aromatic heterocycles. The summed E-state index contributed by atoms with van der Waals surface area (Å²) in [6.07, 6.45) is 2.14. The van der Waals surface area contributed by atoms with Crippen molar-refractivity contribution in [1.82, 2.24) is 9.97 Å². The fourth-order valence-electron chi connectivity index (χ4n) is 1.99. The number of nitrogens with two attached hydrogens (primary N) is 1. The van der Waals surface area contributed by atoms with Gasteiger partial charge in [-0.2, -0.15) is 0 Å². The van der Waals surface area contributed by atoms with E-state index in [9.17, 15) is 5.11 Å². The second kappa shape index (κ2) is 5.99. The lowest BCUT2D eigenvalue weighted by molar-refractivity contribution is 0.177. The third-order valence-corrected chi connectivity index (χ3v) is 3.54. The minimum absolute atomic E-state index is 0.167. The molecule has 2 rings (SSSR count). The predicted octanol–water partition coefficient (Wildman–Crippen LogP) is 2.58. The van der Waals surface area contributed by atoms with E-state index in [2.05, 4.69) is 48.1 Å². The van der Waals surface area contributed by atoms with E-state index in [0.29, 0.717) is 11.7 Å². The van der Waals surface area contributed by atoms with Crippen LogP contribution in [0.15, 0.2) is 30.5 Å². The van der Waals surface area contributed by atoms with Crippen LogP contribution in [0.4, 0.5) is 0 Å². The van der Waals surface area contributed by atoms with Crippen LogP contribution in [0.1, 0.15) is 43.7 Å². The number of hydrogen-bond acceptors (Lipinski definition) is 3. The van der Waals surface area contributed by atoms with Crippen LogP contribution in [0.5, 0.6) is 0 Å². The van der Waals surface area contributed by atoms with E-state index in [-0.39, 0.29) is 6.54 Å². The Morgan fingerprint density at radius 2 is 2.00 bits per heavy atom. The Morgan fingerprint density at radius 3 is 2.58 bits per heavy atom. The Balaban J connectivity index is 2.20. The number of nitrogens with one attached hydrogen (secondary N) is 1. The van der Waals surface area contributed by atoms with E-state index in [1.54, 1.807) is 6.20 Å². The molecule has 2 atom stereocenters. The standard InChI is InChI=1S/C15H21N3O/c1-3-10(2)11-4-6-12(7-5-11)13-9-17-15(18-13)14(19)8-16/h4-7,9-10,14,19H,3,8,16H2,1-2H3,(H,17,18). The van der Waals surface area contributed by atoms with Crippen LogP contribution in [0, 0.1) is 0 Å². The molecular weight excluding hydrogens is 238 g/mol. The van der Waals surface area contributed by atoms with Crippen molar-refractivity contribution in [2.24, 2.45) is 5.73 Å². The Hall–Kier alpha value is -1.65. The molecule has 0 spiro atoms. The molecule has 1 aromatic carbocycles. The van der Waals surface area contributed by atoms with Crippen molar-refractivity contribution >= 4 is 0 Å². The minimum atomic E-state index is -0.729. The van der Waals surface area contributed by atoms with Gasteiger partial charge in [-0.1, -0.05) is 38.1 Å². The maximum atomic E-state index is 9.62. The second-order valence-electron chi connectivity index (χ2n) is 4.86. The van der Waals surface area contributed by atoms with Crippen LogP contribution < -0.4 is 5.73 Å². The van der Waals surface area contributed by atoms with E-state index >= 15 is 0 Å². The number of aromatic amines is 1. The van der Waals surface area contributed by atoms with Gasteiger partial charge in [0.1, 0.15) is 11.9 Å². The van der Waals surface area contributed by atoms with Crippen LogP contribution in [0.3, 0.4) is 0 Å². The van der Waals surface area contributed by atoms with Gasteiger partial charge >= 0.3 is 0 Å². The summed E-state index contributed by atoms with van der Waals surface area (Å²) in [7, 11) is 0. The molecule has 4 heteroatoms. The average Bonchev–Trinajstić information content (AvgIpc) is 2.95. The second-order valence-corrected chi connectivity index (χ2v) is 4.86.